The third-order valence-corrected chi connectivity index (χ3v) is 5.12. The van der Waals surface area contributed by atoms with Gasteiger partial charge >= 0.3 is 0 Å². The van der Waals surface area contributed by atoms with E-state index in [0.717, 1.165) is 40.8 Å². The van der Waals surface area contributed by atoms with Crippen LogP contribution in [0.5, 0.6) is 5.75 Å². The molecule has 1 aromatic carbocycles. The molecule has 1 fully saturated rings. The summed E-state index contributed by atoms with van der Waals surface area (Å²) in [5.41, 5.74) is 1.69. The standard InChI is InChI=1S/C14H16BrNO2S2/c15-10-4-5-13-11(8-10)12(16-20(17)19)9-14(18-13)6-2-1-3-7-14/h4-5,8H,1-3,6-7,9H2,(H,17,19)/b16-12+. The summed E-state index contributed by atoms with van der Waals surface area (Å²) >= 11 is 8.33. The molecule has 2 aliphatic rings. The van der Waals surface area contributed by atoms with Gasteiger partial charge in [0, 0.05) is 27.6 Å². The lowest BCUT2D eigenvalue weighted by atomic mass is 9.78. The number of ether oxygens (including phenoxy) is 1. The number of halogens is 1. The summed E-state index contributed by atoms with van der Waals surface area (Å²) in [6.45, 7) is 0. The summed E-state index contributed by atoms with van der Waals surface area (Å²) in [4.78, 5) is 0. The van der Waals surface area contributed by atoms with Crippen molar-refractivity contribution in [1.29, 1.82) is 0 Å². The third-order valence-electron chi connectivity index (χ3n) is 4.02. The second-order valence-corrected chi connectivity index (χ2v) is 7.89. The fourth-order valence-electron chi connectivity index (χ4n) is 3.14. The van der Waals surface area contributed by atoms with Crippen molar-refractivity contribution >= 4 is 42.8 Å². The van der Waals surface area contributed by atoms with E-state index in [9.17, 15) is 4.55 Å². The van der Waals surface area contributed by atoms with Crippen LogP contribution < -0.4 is 4.74 Å². The molecule has 1 aliphatic heterocycles. The predicted octanol–water partition coefficient (Wildman–Crippen LogP) is 4.19. The zero-order chi connectivity index (χ0) is 14.2. The zero-order valence-corrected chi connectivity index (χ0v) is 14.2. The monoisotopic (exact) mass is 373 g/mol. The Bertz CT molecular complexity index is 583. The van der Waals surface area contributed by atoms with Crippen molar-refractivity contribution in [3.63, 3.8) is 0 Å². The largest absolute Gasteiger partial charge is 0.486 e. The van der Waals surface area contributed by atoms with E-state index in [0.29, 0.717) is 0 Å². The van der Waals surface area contributed by atoms with Crippen LogP contribution in [0.4, 0.5) is 0 Å². The van der Waals surface area contributed by atoms with Crippen LogP contribution >= 0.6 is 15.9 Å². The van der Waals surface area contributed by atoms with E-state index >= 15 is 0 Å². The van der Waals surface area contributed by atoms with Gasteiger partial charge in [-0.2, -0.15) is 4.40 Å². The third kappa shape index (κ3) is 2.98. The van der Waals surface area contributed by atoms with Crippen molar-refractivity contribution in [3.05, 3.63) is 28.2 Å². The van der Waals surface area contributed by atoms with E-state index in [1.807, 2.05) is 18.2 Å². The maximum absolute atomic E-state index is 9.49. The van der Waals surface area contributed by atoms with Crippen molar-refractivity contribution in [3.8, 4) is 5.75 Å². The molecule has 108 valence electrons. The van der Waals surface area contributed by atoms with Gasteiger partial charge in [0.05, 0.1) is 5.71 Å². The lowest BCUT2D eigenvalue weighted by molar-refractivity contribution is 0.0322. The van der Waals surface area contributed by atoms with Crippen LogP contribution in [0, 0.1) is 0 Å². The lowest BCUT2D eigenvalue weighted by Gasteiger charge is -2.41. The molecule has 6 heteroatoms. The van der Waals surface area contributed by atoms with Gasteiger partial charge in [0.25, 0.3) is 0 Å². The first-order valence-electron chi connectivity index (χ1n) is 6.75. The van der Waals surface area contributed by atoms with Gasteiger partial charge in [-0.3, -0.25) is 0 Å². The minimum atomic E-state index is -1.35. The molecule has 20 heavy (non-hydrogen) atoms. The van der Waals surface area contributed by atoms with Crippen molar-refractivity contribution in [2.24, 2.45) is 4.40 Å². The van der Waals surface area contributed by atoms with E-state index < -0.39 is 9.92 Å². The maximum atomic E-state index is 9.49. The first-order chi connectivity index (χ1) is 9.58. The molecule has 1 spiro atoms. The Labute approximate surface area is 134 Å². The molecule has 1 unspecified atom stereocenters. The normalized spacial score (nSPS) is 24.2. The van der Waals surface area contributed by atoms with Gasteiger partial charge < -0.3 is 9.29 Å². The number of hydrogen-bond donors (Lipinski definition) is 1. The molecular formula is C14H16BrNO2S2. The summed E-state index contributed by atoms with van der Waals surface area (Å²) in [5, 5.41) is 0. The second-order valence-electron chi connectivity index (χ2n) is 5.43. The summed E-state index contributed by atoms with van der Waals surface area (Å²) < 4.78 is 21.1. The minimum Gasteiger partial charge on any atom is -0.486 e. The molecule has 1 saturated carbocycles. The number of hydrogen-bond acceptors (Lipinski definition) is 2. The van der Waals surface area contributed by atoms with Gasteiger partial charge in [-0.25, -0.2) is 0 Å². The van der Waals surface area contributed by atoms with Crippen LogP contribution in [0.1, 0.15) is 44.1 Å². The van der Waals surface area contributed by atoms with E-state index in [1.165, 1.54) is 19.3 Å². The van der Waals surface area contributed by atoms with E-state index in [-0.39, 0.29) is 5.60 Å². The van der Waals surface area contributed by atoms with Crippen LogP contribution in [0.25, 0.3) is 0 Å². The van der Waals surface area contributed by atoms with Gasteiger partial charge in [-0.15, -0.1) is 0 Å². The Morgan fingerprint density at radius 2 is 2.05 bits per heavy atom. The minimum absolute atomic E-state index is 0.146. The maximum Gasteiger partial charge on any atom is 0.129 e. The summed E-state index contributed by atoms with van der Waals surface area (Å²) in [6.07, 6.45) is 6.51. The first-order valence-corrected chi connectivity index (χ1v) is 9.61. The van der Waals surface area contributed by atoms with E-state index in [4.69, 9.17) is 15.9 Å². The Kier molecular flexibility index (Phi) is 4.26. The highest BCUT2D eigenvalue weighted by Gasteiger charge is 2.40. The topological polar surface area (TPSA) is 41.8 Å². The SMILES string of the molecule is OS(=S)/N=C1\CC2(CCCCC2)Oc2ccc(Br)cc21. The molecule has 1 aliphatic carbocycles. The first kappa shape index (κ1) is 14.6. The van der Waals surface area contributed by atoms with Gasteiger partial charge in [0.1, 0.15) is 21.3 Å². The summed E-state index contributed by atoms with van der Waals surface area (Å²) in [7, 11) is -1.35. The smallest absolute Gasteiger partial charge is 0.129 e. The highest BCUT2D eigenvalue weighted by atomic mass is 79.9. The van der Waals surface area contributed by atoms with Crippen LogP contribution in [0.3, 0.4) is 0 Å². The predicted molar refractivity (Wildman–Crippen MR) is 89.1 cm³/mol. The zero-order valence-electron chi connectivity index (χ0n) is 11.0. The molecule has 3 nitrogen and oxygen atoms in total. The van der Waals surface area contributed by atoms with E-state index in [2.05, 4.69) is 20.3 Å². The Morgan fingerprint density at radius 1 is 1.30 bits per heavy atom. The van der Waals surface area contributed by atoms with Crippen LogP contribution in [0.15, 0.2) is 27.1 Å². The Hall–Kier alpha value is -0.300. The molecule has 1 atom stereocenters. The van der Waals surface area contributed by atoms with Crippen LogP contribution in [-0.4, -0.2) is 15.9 Å². The van der Waals surface area contributed by atoms with Crippen LogP contribution in [-0.2, 0) is 21.1 Å². The number of benzene rings is 1. The second kappa shape index (κ2) is 5.83. The fourth-order valence-corrected chi connectivity index (χ4v) is 4.12. The van der Waals surface area contributed by atoms with Crippen molar-refractivity contribution in [2.45, 2.75) is 44.1 Å². The molecule has 0 radical (unpaired) electrons. The molecule has 1 N–H and O–H groups in total. The van der Waals surface area contributed by atoms with Gasteiger partial charge in [-0.05, 0) is 43.9 Å². The average molecular weight is 374 g/mol. The van der Waals surface area contributed by atoms with Crippen molar-refractivity contribution in [2.75, 3.05) is 0 Å². The highest BCUT2D eigenvalue weighted by molar-refractivity contribution is 9.10. The number of rotatable bonds is 1. The summed E-state index contributed by atoms with van der Waals surface area (Å²) in [5.74, 6) is 0.862. The molecule has 0 amide bonds. The molecule has 0 saturated heterocycles. The van der Waals surface area contributed by atoms with Gasteiger partial charge in [0.2, 0.25) is 0 Å². The fraction of sp³-hybridized carbons (Fsp3) is 0.500. The summed E-state index contributed by atoms with van der Waals surface area (Å²) in [6, 6.07) is 5.94. The quantitative estimate of drug-likeness (QED) is 0.802. The Balaban J connectivity index is 2.05. The molecule has 3 rings (SSSR count). The molecule has 0 aromatic heterocycles. The van der Waals surface area contributed by atoms with Crippen LogP contribution in [0.2, 0.25) is 0 Å². The van der Waals surface area contributed by atoms with Crippen molar-refractivity contribution < 1.29 is 9.29 Å². The molecule has 1 heterocycles. The Morgan fingerprint density at radius 3 is 2.75 bits per heavy atom. The highest BCUT2D eigenvalue weighted by Crippen LogP contribution is 2.42. The number of nitrogens with zero attached hydrogens (tertiary/aromatic N) is 1. The average Bonchev–Trinajstić information content (AvgIpc) is 2.40. The molecule has 1 aromatic rings. The lowest BCUT2D eigenvalue weighted by Crippen LogP contribution is -2.43. The molecular weight excluding hydrogens is 358 g/mol. The van der Waals surface area contributed by atoms with E-state index in [1.54, 1.807) is 0 Å². The number of fused-ring (bicyclic) bond motifs is 1. The van der Waals surface area contributed by atoms with Gasteiger partial charge in [0.15, 0.2) is 0 Å². The van der Waals surface area contributed by atoms with Gasteiger partial charge in [-0.1, -0.05) is 22.4 Å². The molecule has 0 bridgehead atoms. The van der Waals surface area contributed by atoms with Crippen molar-refractivity contribution in [1.82, 2.24) is 0 Å².